The molecule has 1 aromatic carbocycles. The molecule has 26 heavy (non-hydrogen) atoms. The lowest BCUT2D eigenvalue weighted by Gasteiger charge is -2.26. The number of nitrogens with one attached hydrogen (secondary N) is 1. The highest BCUT2D eigenvalue weighted by atomic mass is 32.2. The largest absolute Gasteiger partial charge is 0.392 e. The zero-order valence-corrected chi connectivity index (χ0v) is 15.8. The zero-order valence-electron chi connectivity index (χ0n) is 14.9. The minimum absolute atomic E-state index is 0.120. The highest BCUT2D eigenvalue weighted by Gasteiger charge is 2.47. The monoisotopic (exact) mass is 378 g/mol. The van der Waals surface area contributed by atoms with Crippen molar-refractivity contribution in [3.63, 3.8) is 0 Å². The summed E-state index contributed by atoms with van der Waals surface area (Å²) in [6.45, 7) is 3.24. The van der Waals surface area contributed by atoms with E-state index in [9.17, 15) is 13.2 Å². The Kier molecular flexibility index (Phi) is 6.05. The van der Waals surface area contributed by atoms with Crippen molar-refractivity contribution in [1.29, 1.82) is 0 Å². The van der Waals surface area contributed by atoms with E-state index >= 15 is 0 Å². The molecule has 0 unspecified atom stereocenters. The summed E-state index contributed by atoms with van der Waals surface area (Å²) in [7, 11) is -3.78. The van der Waals surface area contributed by atoms with Crippen LogP contribution in [-0.4, -0.2) is 42.4 Å². The number of carbonyl (C=O) groups excluding carboxylic acids is 1. The summed E-state index contributed by atoms with van der Waals surface area (Å²) in [5, 5.41) is 12.9. The fourth-order valence-electron chi connectivity index (χ4n) is 2.61. The first kappa shape index (κ1) is 19.9. The summed E-state index contributed by atoms with van der Waals surface area (Å²) in [6.07, 6.45) is 1.40. The van der Waals surface area contributed by atoms with Crippen LogP contribution in [0.1, 0.15) is 44.2 Å². The molecule has 0 aliphatic carbocycles. The van der Waals surface area contributed by atoms with Crippen molar-refractivity contribution in [2.24, 2.45) is 5.16 Å². The van der Waals surface area contributed by atoms with Gasteiger partial charge in [0, 0.05) is 31.1 Å². The molecule has 0 radical (unpaired) electrons. The predicted octanol–water partition coefficient (Wildman–Crippen LogP) is 1.64. The molecule has 1 amide bonds. The molecule has 0 spiro atoms. The summed E-state index contributed by atoms with van der Waals surface area (Å²) >= 11 is 0. The lowest BCUT2D eigenvalue weighted by molar-refractivity contribution is -0.132. The molecule has 2 atom stereocenters. The van der Waals surface area contributed by atoms with Gasteiger partial charge in [0.2, 0.25) is 0 Å². The summed E-state index contributed by atoms with van der Waals surface area (Å²) in [4.78, 5) is 17.2. The van der Waals surface area contributed by atoms with Crippen LogP contribution in [0.3, 0.4) is 0 Å². The second-order valence-electron chi connectivity index (χ2n) is 6.35. The summed E-state index contributed by atoms with van der Waals surface area (Å²) in [5.41, 5.74) is 3.85. The van der Waals surface area contributed by atoms with E-state index in [-0.39, 0.29) is 6.42 Å². The third-order valence-electron chi connectivity index (χ3n) is 4.38. The molecule has 0 saturated heterocycles. The number of amides is 1. The Labute approximate surface area is 153 Å². The van der Waals surface area contributed by atoms with Gasteiger partial charge in [-0.05, 0) is 24.6 Å². The highest BCUT2D eigenvalue weighted by Crippen LogP contribution is 2.29. The molecule has 2 rings (SSSR count). The number of sulfone groups is 1. The van der Waals surface area contributed by atoms with Crippen LogP contribution in [0.25, 0.3) is 0 Å². The molecule has 0 fully saturated rings. The minimum atomic E-state index is -3.78. The predicted molar refractivity (Wildman–Crippen MR) is 97.4 cm³/mol. The zero-order chi connectivity index (χ0) is 19.4. The number of hydrogen-bond acceptors (Lipinski definition) is 6. The maximum absolute atomic E-state index is 12.0. The number of nitrogens with zero attached hydrogens (tertiary/aromatic N) is 1. The van der Waals surface area contributed by atoms with E-state index in [2.05, 4.69) is 17.0 Å². The van der Waals surface area contributed by atoms with Crippen molar-refractivity contribution in [3.05, 3.63) is 35.4 Å². The molecule has 0 saturated carbocycles. The molecule has 2 N–H and O–H groups in total. The third kappa shape index (κ3) is 4.23. The lowest BCUT2D eigenvalue weighted by Crippen LogP contribution is -2.51. The quantitative estimate of drug-likeness (QED) is 0.460. The molecule has 0 aromatic heterocycles. The average Bonchev–Trinajstić information content (AvgIpc) is 3.06. The number of oxime groups is 1. The second-order valence-corrected chi connectivity index (χ2v) is 8.80. The van der Waals surface area contributed by atoms with E-state index in [0.29, 0.717) is 12.1 Å². The number of hydrogen-bond donors (Lipinski definition) is 2. The maximum atomic E-state index is 12.0. The van der Waals surface area contributed by atoms with Gasteiger partial charge < -0.3 is 4.84 Å². The average molecular weight is 378 g/mol. The van der Waals surface area contributed by atoms with Crippen LogP contribution in [0, 0.1) is 11.8 Å². The van der Waals surface area contributed by atoms with Gasteiger partial charge in [-0.3, -0.25) is 10.0 Å². The lowest BCUT2D eigenvalue weighted by atomic mass is 9.96. The normalized spacial score (nSPS) is 18.8. The van der Waals surface area contributed by atoms with Gasteiger partial charge in [-0.1, -0.05) is 36.1 Å². The SMILES string of the molecule is CCC#Cc1ccc(C2=NO[C@@H](C[C@](C)(C(=O)NO)S(C)(=O)=O)C2)cc1. The van der Waals surface area contributed by atoms with Gasteiger partial charge in [0.1, 0.15) is 6.10 Å². The highest BCUT2D eigenvalue weighted by molar-refractivity contribution is 7.92. The van der Waals surface area contributed by atoms with Crippen LogP contribution < -0.4 is 5.48 Å². The molecule has 140 valence electrons. The van der Waals surface area contributed by atoms with E-state index in [1.54, 1.807) is 0 Å². The van der Waals surface area contributed by atoms with Gasteiger partial charge in [-0.2, -0.15) is 0 Å². The van der Waals surface area contributed by atoms with Gasteiger partial charge in [0.05, 0.1) is 5.71 Å². The van der Waals surface area contributed by atoms with Crippen molar-refractivity contribution in [2.75, 3.05) is 6.26 Å². The maximum Gasteiger partial charge on any atom is 0.264 e. The van der Waals surface area contributed by atoms with Crippen molar-refractivity contribution in [1.82, 2.24) is 5.48 Å². The Bertz CT molecular complexity index is 865. The van der Waals surface area contributed by atoms with Gasteiger partial charge in [-0.15, -0.1) is 0 Å². The van der Waals surface area contributed by atoms with E-state index in [1.807, 2.05) is 31.2 Å². The molecule has 7 nitrogen and oxygen atoms in total. The van der Waals surface area contributed by atoms with E-state index in [1.165, 1.54) is 12.4 Å². The van der Waals surface area contributed by atoms with Gasteiger partial charge in [0.15, 0.2) is 14.6 Å². The number of rotatable bonds is 5. The second kappa shape index (κ2) is 7.89. The van der Waals surface area contributed by atoms with Crippen molar-refractivity contribution in [2.45, 2.75) is 44.0 Å². The van der Waals surface area contributed by atoms with E-state index in [0.717, 1.165) is 23.8 Å². The number of carbonyl (C=O) groups is 1. The Morgan fingerprint density at radius 1 is 1.42 bits per heavy atom. The molecule has 1 heterocycles. The first-order valence-corrected chi connectivity index (χ1v) is 10.1. The number of hydroxylamine groups is 1. The molecule has 1 aromatic rings. The van der Waals surface area contributed by atoms with Crippen LogP contribution in [0.15, 0.2) is 29.4 Å². The summed E-state index contributed by atoms with van der Waals surface area (Å²) in [6, 6.07) is 7.52. The number of benzene rings is 1. The van der Waals surface area contributed by atoms with Gasteiger partial charge >= 0.3 is 0 Å². The Hall–Kier alpha value is -2.37. The van der Waals surface area contributed by atoms with Gasteiger partial charge in [-0.25, -0.2) is 13.9 Å². The summed E-state index contributed by atoms with van der Waals surface area (Å²) in [5.74, 6) is 5.04. The van der Waals surface area contributed by atoms with Crippen molar-refractivity contribution in [3.8, 4) is 11.8 Å². The minimum Gasteiger partial charge on any atom is -0.392 e. The topological polar surface area (TPSA) is 105 Å². The van der Waals surface area contributed by atoms with Crippen LogP contribution in [0.2, 0.25) is 0 Å². The van der Waals surface area contributed by atoms with Crippen LogP contribution in [0.5, 0.6) is 0 Å². The fourth-order valence-corrected chi connectivity index (χ4v) is 3.48. The van der Waals surface area contributed by atoms with Crippen LogP contribution in [0.4, 0.5) is 0 Å². The van der Waals surface area contributed by atoms with Crippen LogP contribution >= 0.6 is 0 Å². The van der Waals surface area contributed by atoms with Gasteiger partial charge in [0.25, 0.3) is 5.91 Å². The van der Waals surface area contributed by atoms with Crippen molar-refractivity contribution < 1.29 is 23.3 Å². The fraction of sp³-hybridized carbons (Fsp3) is 0.444. The molecule has 8 heteroatoms. The van der Waals surface area contributed by atoms with E-state index < -0.39 is 26.6 Å². The Balaban J connectivity index is 2.11. The molecule has 0 bridgehead atoms. The molecule has 1 aliphatic heterocycles. The first-order valence-electron chi connectivity index (χ1n) is 8.17. The Morgan fingerprint density at radius 2 is 2.08 bits per heavy atom. The molecular weight excluding hydrogens is 356 g/mol. The van der Waals surface area contributed by atoms with Crippen molar-refractivity contribution >= 4 is 21.5 Å². The van der Waals surface area contributed by atoms with Crippen LogP contribution in [-0.2, 0) is 19.5 Å². The smallest absolute Gasteiger partial charge is 0.264 e. The third-order valence-corrected chi connectivity index (χ3v) is 6.37. The first-order chi connectivity index (χ1) is 12.2. The molecular formula is C18H22N2O5S. The van der Waals surface area contributed by atoms with E-state index in [4.69, 9.17) is 10.0 Å². The standard InChI is InChI=1S/C18H22N2O5S/c1-4-5-6-13-7-9-14(10-8-13)16-11-15(25-20-16)12-18(2,17(21)19-22)26(3,23)24/h7-10,15,22H,4,11-12H2,1-3H3,(H,19,21)/t15-,18-/m1/s1. The summed E-state index contributed by atoms with van der Waals surface area (Å²) < 4.78 is 22.3. The Morgan fingerprint density at radius 3 is 2.62 bits per heavy atom. The molecule has 1 aliphatic rings.